The van der Waals surface area contributed by atoms with E-state index >= 15 is 0 Å². The molecule has 0 aliphatic rings. The van der Waals surface area contributed by atoms with E-state index in [0.717, 1.165) is 0 Å². The summed E-state index contributed by atoms with van der Waals surface area (Å²) in [5.41, 5.74) is 7.64. The second-order valence-electron chi connectivity index (χ2n) is 4.19. The zero-order valence-electron chi connectivity index (χ0n) is 10.1. The lowest BCUT2D eigenvalue weighted by molar-refractivity contribution is 0.620. The molecule has 3 rings (SSSR count). The summed E-state index contributed by atoms with van der Waals surface area (Å²) in [6.07, 6.45) is 0. The SMILES string of the molecule is N#Cc1ccc2nc(N)n(-c3cccc(Cl)c3F)c2c1. The van der Waals surface area contributed by atoms with E-state index in [4.69, 9.17) is 22.6 Å². The lowest BCUT2D eigenvalue weighted by Gasteiger charge is -2.08. The number of nitrogens with zero attached hydrogens (tertiary/aromatic N) is 3. The van der Waals surface area contributed by atoms with E-state index in [9.17, 15) is 4.39 Å². The zero-order valence-corrected chi connectivity index (χ0v) is 10.9. The van der Waals surface area contributed by atoms with Gasteiger partial charge in [0.1, 0.15) is 0 Å². The normalized spacial score (nSPS) is 10.7. The number of anilines is 1. The van der Waals surface area contributed by atoms with Crippen molar-refractivity contribution in [2.45, 2.75) is 0 Å². The molecule has 1 aromatic heterocycles. The first-order chi connectivity index (χ1) is 9.61. The molecule has 2 aromatic carbocycles. The van der Waals surface area contributed by atoms with Crippen LogP contribution in [0.1, 0.15) is 5.56 Å². The molecule has 0 bridgehead atoms. The van der Waals surface area contributed by atoms with Gasteiger partial charge in [-0.15, -0.1) is 0 Å². The highest BCUT2D eigenvalue weighted by Crippen LogP contribution is 2.28. The lowest BCUT2D eigenvalue weighted by Crippen LogP contribution is -2.03. The third-order valence-corrected chi connectivity index (χ3v) is 3.27. The molecule has 0 spiro atoms. The monoisotopic (exact) mass is 286 g/mol. The maximum Gasteiger partial charge on any atom is 0.206 e. The molecular formula is C14H8ClFN4. The van der Waals surface area contributed by atoms with Crippen LogP contribution < -0.4 is 5.73 Å². The predicted molar refractivity (Wildman–Crippen MR) is 75.2 cm³/mol. The van der Waals surface area contributed by atoms with E-state index in [1.165, 1.54) is 10.6 Å². The topological polar surface area (TPSA) is 67.6 Å². The van der Waals surface area contributed by atoms with Crippen LogP contribution in [0, 0.1) is 17.1 Å². The summed E-state index contributed by atoms with van der Waals surface area (Å²) in [4.78, 5) is 4.16. The van der Waals surface area contributed by atoms with Gasteiger partial charge in [-0.3, -0.25) is 4.57 Å². The van der Waals surface area contributed by atoms with E-state index in [1.54, 1.807) is 30.3 Å². The molecule has 0 unspecified atom stereocenters. The number of benzene rings is 2. The number of fused-ring (bicyclic) bond motifs is 1. The smallest absolute Gasteiger partial charge is 0.206 e. The van der Waals surface area contributed by atoms with Gasteiger partial charge in [0, 0.05) is 0 Å². The molecule has 6 heteroatoms. The van der Waals surface area contributed by atoms with Crippen molar-refractivity contribution in [1.82, 2.24) is 9.55 Å². The highest BCUT2D eigenvalue weighted by molar-refractivity contribution is 6.30. The van der Waals surface area contributed by atoms with E-state index < -0.39 is 5.82 Å². The number of aromatic nitrogens is 2. The van der Waals surface area contributed by atoms with Gasteiger partial charge in [-0.25, -0.2) is 9.37 Å². The Bertz CT molecular complexity index is 863. The van der Waals surface area contributed by atoms with Gasteiger partial charge in [0.15, 0.2) is 5.82 Å². The van der Waals surface area contributed by atoms with Crippen molar-refractivity contribution in [3.8, 4) is 11.8 Å². The highest BCUT2D eigenvalue weighted by atomic mass is 35.5. The molecule has 0 radical (unpaired) electrons. The largest absolute Gasteiger partial charge is 0.369 e. The summed E-state index contributed by atoms with van der Waals surface area (Å²) in [7, 11) is 0. The van der Waals surface area contributed by atoms with Gasteiger partial charge in [0.25, 0.3) is 0 Å². The number of nitriles is 1. The highest BCUT2D eigenvalue weighted by Gasteiger charge is 2.15. The van der Waals surface area contributed by atoms with Crippen molar-refractivity contribution in [2.75, 3.05) is 5.73 Å². The van der Waals surface area contributed by atoms with Gasteiger partial charge < -0.3 is 5.73 Å². The number of hydrogen-bond acceptors (Lipinski definition) is 3. The van der Waals surface area contributed by atoms with E-state index in [0.29, 0.717) is 16.6 Å². The Kier molecular flexibility index (Phi) is 2.81. The van der Waals surface area contributed by atoms with E-state index in [-0.39, 0.29) is 16.7 Å². The molecule has 3 aromatic rings. The first-order valence-corrected chi connectivity index (χ1v) is 6.12. The average Bonchev–Trinajstić information content (AvgIpc) is 2.77. The lowest BCUT2D eigenvalue weighted by atomic mass is 10.2. The molecule has 20 heavy (non-hydrogen) atoms. The van der Waals surface area contributed by atoms with Crippen LogP contribution in [0.15, 0.2) is 36.4 Å². The second-order valence-corrected chi connectivity index (χ2v) is 4.60. The summed E-state index contributed by atoms with van der Waals surface area (Å²) >= 11 is 5.79. The van der Waals surface area contributed by atoms with Gasteiger partial charge in [0.05, 0.1) is 33.4 Å². The third kappa shape index (κ3) is 1.78. The Morgan fingerprint density at radius 1 is 1.30 bits per heavy atom. The van der Waals surface area contributed by atoms with Gasteiger partial charge >= 0.3 is 0 Å². The van der Waals surface area contributed by atoms with Gasteiger partial charge in [-0.05, 0) is 30.3 Å². The maximum atomic E-state index is 14.2. The van der Waals surface area contributed by atoms with Gasteiger partial charge in [-0.1, -0.05) is 17.7 Å². The number of nitrogen functional groups attached to an aromatic ring is 1. The van der Waals surface area contributed by atoms with Crippen LogP contribution in [0.5, 0.6) is 0 Å². The third-order valence-electron chi connectivity index (χ3n) is 2.98. The van der Waals surface area contributed by atoms with Crippen LogP contribution >= 0.6 is 11.6 Å². The summed E-state index contributed by atoms with van der Waals surface area (Å²) in [6.45, 7) is 0. The van der Waals surface area contributed by atoms with Crippen molar-refractivity contribution < 1.29 is 4.39 Å². The molecule has 98 valence electrons. The molecule has 1 heterocycles. The van der Waals surface area contributed by atoms with E-state index in [2.05, 4.69) is 4.98 Å². The van der Waals surface area contributed by atoms with Crippen molar-refractivity contribution in [3.05, 3.63) is 52.8 Å². The van der Waals surface area contributed by atoms with Crippen molar-refractivity contribution in [2.24, 2.45) is 0 Å². The van der Waals surface area contributed by atoms with Gasteiger partial charge in [0.2, 0.25) is 5.95 Å². The summed E-state index contributed by atoms with van der Waals surface area (Å²) < 4.78 is 15.6. The molecular weight excluding hydrogens is 279 g/mol. The Balaban J connectivity index is 2.38. The van der Waals surface area contributed by atoms with Crippen molar-refractivity contribution in [1.29, 1.82) is 5.26 Å². The van der Waals surface area contributed by atoms with Gasteiger partial charge in [-0.2, -0.15) is 5.26 Å². The van der Waals surface area contributed by atoms with Crippen LogP contribution in [0.25, 0.3) is 16.7 Å². The molecule has 0 atom stereocenters. The number of halogens is 2. The second kappa shape index (κ2) is 4.51. The fourth-order valence-corrected chi connectivity index (χ4v) is 2.25. The maximum absolute atomic E-state index is 14.2. The number of nitrogens with two attached hydrogens (primary N) is 1. The first-order valence-electron chi connectivity index (χ1n) is 5.74. The Hall–Kier alpha value is -2.58. The zero-order chi connectivity index (χ0) is 14.3. The minimum Gasteiger partial charge on any atom is -0.369 e. The van der Waals surface area contributed by atoms with Crippen LogP contribution in [0.2, 0.25) is 5.02 Å². The van der Waals surface area contributed by atoms with Crippen LogP contribution in [-0.4, -0.2) is 9.55 Å². The Morgan fingerprint density at radius 3 is 2.85 bits per heavy atom. The molecule has 4 nitrogen and oxygen atoms in total. The quantitative estimate of drug-likeness (QED) is 0.746. The first kappa shape index (κ1) is 12.5. The standard InChI is InChI=1S/C14H8ClFN4/c15-9-2-1-3-11(13(9)16)20-12-6-8(7-17)4-5-10(12)19-14(20)18/h1-6H,(H2,18,19). The fraction of sp³-hybridized carbons (Fsp3) is 0. The summed E-state index contributed by atoms with van der Waals surface area (Å²) in [5, 5.41) is 8.96. The number of imidazole rings is 1. The van der Waals surface area contributed by atoms with Crippen LogP contribution in [0.3, 0.4) is 0 Å². The molecule has 0 saturated carbocycles. The molecule has 0 fully saturated rings. The summed E-state index contributed by atoms with van der Waals surface area (Å²) in [5.74, 6) is -0.446. The minimum atomic E-state index is -0.581. The minimum absolute atomic E-state index is 0.000174. The number of rotatable bonds is 1. The molecule has 2 N–H and O–H groups in total. The molecule has 0 saturated heterocycles. The van der Waals surface area contributed by atoms with Crippen LogP contribution in [0.4, 0.5) is 10.3 Å². The predicted octanol–water partition coefficient (Wildman–Crippen LogP) is 3.27. The molecule has 0 aliphatic carbocycles. The van der Waals surface area contributed by atoms with Crippen LogP contribution in [-0.2, 0) is 0 Å². The van der Waals surface area contributed by atoms with Crippen molar-refractivity contribution in [3.63, 3.8) is 0 Å². The average molecular weight is 287 g/mol. The number of hydrogen-bond donors (Lipinski definition) is 1. The fourth-order valence-electron chi connectivity index (χ4n) is 2.08. The van der Waals surface area contributed by atoms with Crippen molar-refractivity contribution >= 4 is 28.6 Å². The molecule has 0 amide bonds. The summed E-state index contributed by atoms with van der Waals surface area (Å²) in [6, 6.07) is 11.6. The van der Waals surface area contributed by atoms with E-state index in [1.807, 2.05) is 6.07 Å². The Morgan fingerprint density at radius 2 is 2.10 bits per heavy atom. The Labute approximate surface area is 118 Å². The molecule has 0 aliphatic heterocycles.